The van der Waals surface area contributed by atoms with Crippen molar-refractivity contribution in [1.82, 2.24) is 13.5 Å². The molecule has 2 aromatic rings. The number of hydrogen-bond donors (Lipinski definition) is 0. The molecule has 15 heteroatoms. The maximum atomic E-state index is 13.9. The molecule has 2 aliphatic rings. The van der Waals surface area contributed by atoms with Crippen LogP contribution >= 0.6 is 23.2 Å². The Hall–Kier alpha value is -2.81. The van der Waals surface area contributed by atoms with Crippen molar-refractivity contribution < 1.29 is 41.7 Å². The van der Waals surface area contributed by atoms with Gasteiger partial charge in [0.25, 0.3) is 10.2 Å². The minimum atomic E-state index is -3.92. The number of hydrogen-bond acceptors (Lipinski definition) is 9. The van der Waals surface area contributed by atoms with E-state index in [-0.39, 0.29) is 44.4 Å². The molecule has 3 atom stereocenters. The smallest absolute Gasteiger partial charge is 0.497 e. The number of carbonyl (C=O) groups is 2. The van der Waals surface area contributed by atoms with Gasteiger partial charge in [-0.3, -0.25) is 4.90 Å². The summed E-state index contributed by atoms with van der Waals surface area (Å²) in [5.74, 6) is 2.10. The molecule has 0 N–H and O–H groups in total. The summed E-state index contributed by atoms with van der Waals surface area (Å²) >= 11 is 11.5. The molecule has 1 saturated carbocycles. The van der Waals surface area contributed by atoms with Crippen LogP contribution in [0.3, 0.4) is 0 Å². The number of likely N-dealkylation sites (tertiary alicyclic amines) is 1. The molecule has 2 aromatic carbocycles. The largest absolute Gasteiger partial charge is 0.513 e. The summed E-state index contributed by atoms with van der Waals surface area (Å²) in [7, 11) is 0.672. The van der Waals surface area contributed by atoms with Gasteiger partial charge in [0.05, 0.1) is 45.1 Å². The first-order valence-corrected chi connectivity index (χ1v) is 19.9. The minimum absolute atomic E-state index is 0.0798. The standard InChI is InChI=1S/C36H51Cl2N3O9S/c1-26-22-33(40(51(44,45)39(2)3)24-27-10-14-30(46-4)15-11-27)34(41(26)35(42)47-20-6-18-37)25-49-31-16-12-28(13-17-31)29-8-5-9-32(23-29)50-36(43)48-21-7-19-38/h5,8-11,14-15,23,26,28,31,33-34H,6-7,12-13,16-22,24-25H2,1-4H3/t26-,28?,31?,33+,34+/m1/s1. The van der Waals surface area contributed by atoms with Crippen LogP contribution in [0.2, 0.25) is 0 Å². The van der Waals surface area contributed by atoms with Gasteiger partial charge in [-0.1, -0.05) is 24.3 Å². The molecular weight excluding hydrogens is 721 g/mol. The summed E-state index contributed by atoms with van der Waals surface area (Å²) in [5.41, 5.74) is 1.85. The lowest BCUT2D eigenvalue weighted by Gasteiger charge is -2.37. The van der Waals surface area contributed by atoms with Gasteiger partial charge < -0.3 is 23.7 Å². The van der Waals surface area contributed by atoms with E-state index in [9.17, 15) is 18.0 Å². The number of rotatable bonds is 17. The Morgan fingerprint density at radius 1 is 0.922 bits per heavy atom. The van der Waals surface area contributed by atoms with Gasteiger partial charge in [0, 0.05) is 38.4 Å². The van der Waals surface area contributed by atoms with Crippen molar-refractivity contribution in [3.63, 3.8) is 0 Å². The van der Waals surface area contributed by atoms with Crippen LogP contribution in [-0.4, -0.2) is 111 Å². The second-order valence-electron chi connectivity index (χ2n) is 13.1. The van der Waals surface area contributed by atoms with Crippen molar-refractivity contribution in [2.75, 3.05) is 52.8 Å². The molecule has 1 saturated heterocycles. The van der Waals surface area contributed by atoms with Crippen LogP contribution in [0.1, 0.15) is 68.9 Å². The topological polar surface area (TPSA) is 124 Å². The second-order valence-corrected chi connectivity index (χ2v) is 15.9. The van der Waals surface area contributed by atoms with Crippen molar-refractivity contribution >= 4 is 45.7 Å². The summed E-state index contributed by atoms with van der Waals surface area (Å²) in [6, 6.07) is 13.3. The number of halogens is 2. The Kier molecular flexibility index (Phi) is 16.0. The molecule has 2 fully saturated rings. The average Bonchev–Trinajstić information content (AvgIpc) is 3.45. The van der Waals surface area contributed by atoms with Gasteiger partial charge in [0.15, 0.2) is 0 Å². The highest BCUT2D eigenvalue weighted by molar-refractivity contribution is 7.86. The lowest BCUT2D eigenvalue weighted by atomic mass is 9.82. The maximum Gasteiger partial charge on any atom is 0.513 e. The minimum Gasteiger partial charge on any atom is -0.497 e. The molecule has 0 aromatic heterocycles. The van der Waals surface area contributed by atoms with Gasteiger partial charge in [-0.05, 0) is 93.2 Å². The van der Waals surface area contributed by atoms with Crippen molar-refractivity contribution in [3.8, 4) is 11.5 Å². The van der Waals surface area contributed by atoms with Gasteiger partial charge in [0.1, 0.15) is 11.5 Å². The molecule has 0 spiro atoms. The van der Waals surface area contributed by atoms with E-state index >= 15 is 0 Å². The number of ether oxygens (including phenoxy) is 5. The van der Waals surface area contributed by atoms with E-state index in [2.05, 4.69) is 0 Å². The SMILES string of the molecule is COc1ccc(CN([C@H]2C[C@@H](C)N(C(=O)OCCCCl)[C@H]2COC2CCC(c3cccc(OC(=O)OCCCCl)c3)CC2)S(=O)(=O)N(C)C)cc1. The number of alkyl halides is 2. The number of methoxy groups -OCH3 is 1. The van der Waals surface area contributed by atoms with Crippen LogP contribution in [-0.2, 0) is 31.0 Å². The first-order chi connectivity index (χ1) is 24.5. The van der Waals surface area contributed by atoms with Gasteiger partial charge in [-0.15, -0.1) is 23.2 Å². The molecule has 12 nitrogen and oxygen atoms in total. The summed E-state index contributed by atoms with van der Waals surface area (Å²) in [5, 5.41) is 0. The molecule has 0 unspecified atom stereocenters. The second kappa shape index (κ2) is 19.9. The first kappa shape index (κ1) is 41.0. The summed E-state index contributed by atoms with van der Waals surface area (Å²) < 4.78 is 58.3. The summed E-state index contributed by atoms with van der Waals surface area (Å²) in [6.45, 7) is 2.53. The van der Waals surface area contributed by atoms with Crippen LogP contribution < -0.4 is 9.47 Å². The van der Waals surface area contributed by atoms with Gasteiger partial charge in [-0.25, -0.2) is 9.59 Å². The predicted molar refractivity (Wildman–Crippen MR) is 196 cm³/mol. The van der Waals surface area contributed by atoms with Crippen molar-refractivity contribution in [2.45, 2.75) is 88.6 Å². The average molecular weight is 773 g/mol. The zero-order valence-electron chi connectivity index (χ0n) is 29.9. The Labute approximate surface area is 312 Å². The van der Waals surface area contributed by atoms with E-state index < -0.39 is 34.5 Å². The number of benzene rings is 2. The van der Waals surface area contributed by atoms with Crippen LogP contribution in [0.15, 0.2) is 48.5 Å². The third kappa shape index (κ3) is 11.3. The molecule has 1 heterocycles. The van der Waals surface area contributed by atoms with E-state index in [1.807, 2.05) is 37.3 Å². The fraction of sp³-hybridized carbons (Fsp3) is 0.611. The fourth-order valence-electron chi connectivity index (χ4n) is 6.69. The summed E-state index contributed by atoms with van der Waals surface area (Å²) in [6.07, 6.45) is 3.37. The van der Waals surface area contributed by atoms with E-state index in [0.29, 0.717) is 42.5 Å². The molecule has 51 heavy (non-hydrogen) atoms. The van der Waals surface area contributed by atoms with Crippen LogP contribution in [0.25, 0.3) is 0 Å². The van der Waals surface area contributed by atoms with Crippen LogP contribution in [0.5, 0.6) is 11.5 Å². The highest BCUT2D eigenvalue weighted by atomic mass is 35.5. The van der Waals surface area contributed by atoms with Crippen molar-refractivity contribution in [3.05, 3.63) is 59.7 Å². The molecule has 4 rings (SSSR count). The third-order valence-corrected chi connectivity index (χ3v) is 11.9. The normalized spacial score (nSPS) is 22.3. The predicted octanol–water partition coefficient (Wildman–Crippen LogP) is 6.79. The van der Waals surface area contributed by atoms with Gasteiger partial charge in [0.2, 0.25) is 0 Å². The summed E-state index contributed by atoms with van der Waals surface area (Å²) in [4.78, 5) is 27.2. The number of nitrogens with zero attached hydrogens (tertiary/aromatic N) is 3. The van der Waals surface area contributed by atoms with Gasteiger partial charge >= 0.3 is 12.2 Å². The zero-order valence-corrected chi connectivity index (χ0v) is 32.2. The highest BCUT2D eigenvalue weighted by Crippen LogP contribution is 2.37. The highest BCUT2D eigenvalue weighted by Gasteiger charge is 2.49. The molecule has 284 valence electrons. The molecule has 1 aliphatic heterocycles. The van der Waals surface area contributed by atoms with E-state index in [1.165, 1.54) is 22.7 Å². The van der Waals surface area contributed by atoms with Crippen molar-refractivity contribution in [1.29, 1.82) is 0 Å². The van der Waals surface area contributed by atoms with Crippen LogP contribution in [0, 0.1) is 0 Å². The first-order valence-electron chi connectivity index (χ1n) is 17.4. The number of amides is 1. The Morgan fingerprint density at radius 3 is 2.22 bits per heavy atom. The van der Waals surface area contributed by atoms with E-state index in [1.54, 1.807) is 30.2 Å². The molecular formula is C36H51Cl2N3O9S. The molecule has 0 radical (unpaired) electrons. The zero-order chi connectivity index (χ0) is 37.0. The van der Waals surface area contributed by atoms with E-state index in [4.69, 9.17) is 46.9 Å². The molecule has 0 bridgehead atoms. The fourth-order valence-corrected chi connectivity index (χ4v) is 8.21. The Morgan fingerprint density at radius 2 is 1.59 bits per heavy atom. The maximum absolute atomic E-state index is 13.9. The van der Waals surface area contributed by atoms with E-state index in [0.717, 1.165) is 36.8 Å². The quantitative estimate of drug-likeness (QED) is 0.0741. The third-order valence-electron chi connectivity index (χ3n) is 9.40. The Balaban J connectivity index is 1.48. The van der Waals surface area contributed by atoms with Crippen LogP contribution in [0.4, 0.5) is 9.59 Å². The van der Waals surface area contributed by atoms with Crippen molar-refractivity contribution in [2.24, 2.45) is 0 Å². The van der Waals surface area contributed by atoms with Gasteiger partial charge in [-0.2, -0.15) is 17.0 Å². The monoisotopic (exact) mass is 771 g/mol. The lowest BCUT2D eigenvalue weighted by molar-refractivity contribution is -0.0158. The molecule has 1 aliphatic carbocycles. The number of carbonyl (C=O) groups excluding carboxylic acids is 2. The molecule has 1 amide bonds. The lowest BCUT2D eigenvalue weighted by Crippen LogP contribution is -2.54. The Bertz CT molecular complexity index is 1510.